The van der Waals surface area contributed by atoms with Crippen LogP contribution in [0.25, 0.3) is 0 Å². The summed E-state index contributed by atoms with van der Waals surface area (Å²) in [5.74, 6) is 5.04. The maximum absolute atomic E-state index is 12.2. The molecule has 6 nitrogen and oxygen atoms in total. The standard InChI is InChI=1S/C19H21N3O3/c20-21-19(24)15-11-18(23)22(13-15)16-7-4-8-17(12-16)25-10-9-14-5-2-1-3-6-14/h1-8,12,15H,9-11,13,20H2,(H,21,24). The molecule has 6 heteroatoms. The van der Waals surface area contributed by atoms with E-state index < -0.39 is 5.92 Å². The van der Waals surface area contributed by atoms with Crippen LogP contribution in [0.5, 0.6) is 5.75 Å². The van der Waals surface area contributed by atoms with Crippen molar-refractivity contribution >= 4 is 17.5 Å². The lowest BCUT2D eigenvalue weighted by Gasteiger charge is -2.17. The van der Waals surface area contributed by atoms with Gasteiger partial charge in [-0.3, -0.25) is 15.0 Å². The van der Waals surface area contributed by atoms with Crippen LogP contribution >= 0.6 is 0 Å². The number of amides is 2. The molecule has 0 aliphatic carbocycles. The van der Waals surface area contributed by atoms with Gasteiger partial charge >= 0.3 is 0 Å². The number of carbonyl (C=O) groups excluding carboxylic acids is 2. The minimum absolute atomic E-state index is 0.0879. The molecule has 2 amide bonds. The second kappa shape index (κ2) is 7.81. The summed E-state index contributed by atoms with van der Waals surface area (Å²) in [7, 11) is 0. The fraction of sp³-hybridized carbons (Fsp3) is 0.263. The van der Waals surface area contributed by atoms with Gasteiger partial charge in [0.2, 0.25) is 11.8 Å². The molecule has 1 fully saturated rings. The molecule has 1 saturated heterocycles. The van der Waals surface area contributed by atoms with Crippen LogP contribution in [0.15, 0.2) is 54.6 Å². The molecule has 1 unspecified atom stereocenters. The summed E-state index contributed by atoms with van der Waals surface area (Å²) in [6.45, 7) is 0.884. The third-order valence-corrected chi connectivity index (χ3v) is 4.27. The summed E-state index contributed by atoms with van der Waals surface area (Å²) in [6.07, 6.45) is 0.981. The number of benzene rings is 2. The van der Waals surface area contributed by atoms with Gasteiger partial charge in [0.05, 0.1) is 12.5 Å². The number of nitrogens with one attached hydrogen (secondary N) is 1. The molecule has 0 bridgehead atoms. The van der Waals surface area contributed by atoms with Crippen LogP contribution in [0.4, 0.5) is 5.69 Å². The molecule has 0 spiro atoms. The average Bonchev–Trinajstić information content (AvgIpc) is 3.04. The largest absolute Gasteiger partial charge is 0.493 e. The van der Waals surface area contributed by atoms with E-state index in [2.05, 4.69) is 17.6 Å². The minimum atomic E-state index is -0.417. The molecule has 0 aromatic heterocycles. The number of nitrogens with two attached hydrogens (primary N) is 1. The van der Waals surface area contributed by atoms with Crippen LogP contribution in [0.1, 0.15) is 12.0 Å². The zero-order chi connectivity index (χ0) is 17.6. The highest BCUT2D eigenvalue weighted by Crippen LogP contribution is 2.28. The van der Waals surface area contributed by atoms with Gasteiger partial charge in [-0.25, -0.2) is 5.84 Å². The van der Waals surface area contributed by atoms with Gasteiger partial charge in [-0.2, -0.15) is 0 Å². The molecule has 2 aromatic carbocycles. The number of hydrogen-bond donors (Lipinski definition) is 2. The second-order valence-corrected chi connectivity index (χ2v) is 6.00. The summed E-state index contributed by atoms with van der Waals surface area (Å²) in [4.78, 5) is 25.4. The van der Waals surface area contributed by atoms with E-state index in [1.807, 2.05) is 42.5 Å². The lowest BCUT2D eigenvalue weighted by molar-refractivity contribution is -0.126. The maximum atomic E-state index is 12.2. The Bertz CT molecular complexity index is 749. The predicted octanol–water partition coefficient (Wildman–Crippen LogP) is 1.65. The topological polar surface area (TPSA) is 84.7 Å². The third kappa shape index (κ3) is 4.16. The average molecular weight is 339 g/mol. The summed E-state index contributed by atoms with van der Waals surface area (Å²) < 4.78 is 5.80. The molecule has 0 radical (unpaired) electrons. The summed E-state index contributed by atoms with van der Waals surface area (Å²) in [5, 5.41) is 0. The van der Waals surface area contributed by atoms with Crippen molar-refractivity contribution in [1.82, 2.24) is 5.43 Å². The fourth-order valence-electron chi connectivity index (χ4n) is 2.92. The molecule has 1 aliphatic heterocycles. The van der Waals surface area contributed by atoms with E-state index in [9.17, 15) is 9.59 Å². The van der Waals surface area contributed by atoms with Gasteiger partial charge in [-0.15, -0.1) is 0 Å². The Balaban J connectivity index is 1.61. The van der Waals surface area contributed by atoms with Gasteiger partial charge in [0.15, 0.2) is 0 Å². The van der Waals surface area contributed by atoms with Gasteiger partial charge in [0, 0.05) is 31.1 Å². The first-order valence-electron chi connectivity index (χ1n) is 8.25. The van der Waals surface area contributed by atoms with Crippen LogP contribution in [0.2, 0.25) is 0 Å². The first kappa shape index (κ1) is 17.0. The van der Waals surface area contributed by atoms with Crippen LogP contribution in [0.3, 0.4) is 0 Å². The Morgan fingerprint density at radius 3 is 2.76 bits per heavy atom. The van der Waals surface area contributed by atoms with Gasteiger partial charge in [-0.1, -0.05) is 36.4 Å². The zero-order valence-corrected chi connectivity index (χ0v) is 13.9. The van der Waals surface area contributed by atoms with Crippen molar-refractivity contribution in [3.8, 4) is 5.75 Å². The summed E-state index contributed by atoms with van der Waals surface area (Å²) >= 11 is 0. The van der Waals surface area contributed by atoms with E-state index in [1.54, 1.807) is 4.90 Å². The number of nitrogens with zero attached hydrogens (tertiary/aromatic N) is 1. The smallest absolute Gasteiger partial charge is 0.239 e. The highest BCUT2D eigenvalue weighted by molar-refractivity contribution is 6.00. The number of hydrogen-bond acceptors (Lipinski definition) is 4. The van der Waals surface area contributed by atoms with Crippen molar-refractivity contribution in [2.45, 2.75) is 12.8 Å². The number of anilines is 1. The first-order valence-corrected chi connectivity index (χ1v) is 8.25. The molecule has 0 saturated carbocycles. The Hall–Kier alpha value is -2.86. The number of ether oxygens (including phenoxy) is 1. The van der Waals surface area contributed by atoms with E-state index >= 15 is 0 Å². The maximum Gasteiger partial charge on any atom is 0.239 e. The third-order valence-electron chi connectivity index (χ3n) is 4.27. The molecule has 1 atom stereocenters. The van der Waals surface area contributed by atoms with Crippen molar-refractivity contribution in [3.63, 3.8) is 0 Å². The quantitative estimate of drug-likeness (QED) is 0.476. The van der Waals surface area contributed by atoms with Gasteiger partial charge in [0.25, 0.3) is 0 Å². The molecule has 2 aromatic rings. The highest BCUT2D eigenvalue weighted by Gasteiger charge is 2.34. The predicted molar refractivity (Wildman–Crippen MR) is 94.9 cm³/mol. The molecule has 3 N–H and O–H groups in total. The zero-order valence-electron chi connectivity index (χ0n) is 13.9. The normalized spacial score (nSPS) is 16.8. The minimum Gasteiger partial charge on any atom is -0.493 e. The number of rotatable bonds is 6. The number of hydrazine groups is 1. The molecule has 25 heavy (non-hydrogen) atoms. The van der Waals surface area contributed by atoms with Crippen molar-refractivity contribution in [1.29, 1.82) is 0 Å². The van der Waals surface area contributed by atoms with Gasteiger partial charge in [0.1, 0.15) is 5.75 Å². The van der Waals surface area contributed by atoms with Gasteiger partial charge < -0.3 is 9.64 Å². The van der Waals surface area contributed by atoms with E-state index in [-0.39, 0.29) is 18.2 Å². The SMILES string of the molecule is NNC(=O)C1CC(=O)N(c2cccc(OCCc3ccccc3)c2)C1. The Labute approximate surface area is 146 Å². The molecular formula is C19H21N3O3. The van der Waals surface area contributed by atoms with Crippen LogP contribution in [-0.2, 0) is 16.0 Å². The Morgan fingerprint density at radius 1 is 1.20 bits per heavy atom. The molecule has 1 aliphatic rings. The van der Waals surface area contributed by atoms with E-state index in [1.165, 1.54) is 5.56 Å². The van der Waals surface area contributed by atoms with Crippen molar-refractivity contribution in [2.24, 2.45) is 11.8 Å². The lowest BCUT2D eigenvalue weighted by atomic mass is 10.1. The fourth-order valence-corrected chi connectivity index (χ4v) is 2.92. The first-order chi connectivity index (χ1) is 12.2. The molecule has 130 valence electrons. The summed E-state index contributed by atoms with van der Waals surface area (Å²) in [5.41, 5.74) is 4.05. The molecule has 1 heterocycles. The van der Waals surface area contributed by atoms with Crippen LogP contribution < -0.4 is 20.9 Å². The summed E-state index contributed by atoms with van der Waals surface area (Å²) in [6, 6.07) is 17.5. The van der Waals surface area contributed by atoms with E-state index in [4.69, 9.17) is 10.6 Å². The van der Waals surface area contributed by atoms with Crippen molar-refractivity contribution < 1.29 is 14.3 Å². The van der Waals surface area contributed by atoms with Crippen molar-refractivity contribution in [3.05, 3.63) is 60.2 Å². The van der Waals surface area contributed by atoms with Gasteiger partial charge in [-0.05, 0) is 17.7 Å². The Morgan fingerprint density at radius 2 is 2.00 bits per heavy atom. The van der Waals surface area contributed by atoms with Crippen molar-refractivity contribution in [2.75, 3.05) is 18.1 Å². The lowest BCUT2D eigenvalue weighted by Crippen LogP contribution is -2.37. The second-order valence-electron chi connectivity index (χ2n) is 6.00. The monoisotopic (exact) mass is 339 g/mol. The van der Waals surface area contributed by atoms with Crippen LogP contribution in [-0.4, -0.2) is 25.0 Å². The highest BCUT2D eigenvalue weighted by atomic mass is 16.5. The van der Waals surface area contributed by atoms with Crippen LogP contribution in [0, 0.1) is 5.92 Å². The van der Waals surface area contributed by atoms with E-state index in [0.29, 0.717) is 18.9 Å². The number of carbonyl (C=O) groups is 2. The van der Waals surface area contributed by atoms with E-state index in [0.717, 1.165) is 12.1 Å². The molecular weight excluding hydrogens is 318 g/mol. The molecule has 3 rings (SSSR count). The Kier molecular flexibility index (Phi) is 5.30.